The molecule has 0 heterocycles. The topological polar surface area (TPSA) is 20.2 Å². The summed E-state index contributed by atoms with van der Waals surface area (Å²) in [6, 6.07) is 15.1. The molecule has 17 heavy (non-hydrogen) atoms. The van der Waals surface area contributed by atoms with Crippen molar-refractivity contribution in [2.24, 2.45) is 0 Å². The molecule has 0 atom stereocenters. The van der Waals surface area contributed by atoms with Crippen LogP contribution in [0, 0.1) is 13.8 Å². The van der Waals surface area contributed by atoms with Crippen LogP contribution in [0.2, 0.25) is 0 Å². The van der Waals surface area contributed by atoms with Crippen molar-refractivity contribution >= 4 is 6.08 Å². The molecule has 0 saturated carbocycles. The smallest absolute Gasteiger partial charge is 0.115 e. The average molecular weight is 226 g/mol. The van der Waals surface area contributed by atoms with Gasteiger partial charge in [-0.15, -0.1) is 0 Å². The Morgan fingerprint density at radius 1 is 0.941 bits per heavy atom. The summed E-state index contributed by atoms with van der Waals surface area (Å²) in [6.45, 7) is 7.91. The number of aryl methyl sites for hydroxylation is 2. The molecule has 88 valence electrons. The van der Waals surface area contributed by atoms with Crippen LogP contribution in [0.15, 0.2) is 55.1 Å². The number of benzene rings is 2. The van der Waals surface area contributed by atoms with Crippen molar-refractivity contribution in [3.8, 4) is 5.75 Å². The SMILES string of the molecule is C=Cc1cc(C)cc(C)c1.Oc1ccccc1. The van der Waals surface area contributed by atoms with Crippen molar-refractivity contribution in [3.05, 3.63) is 71.8 Å². The van der Waals surface area contributed by atoms with Crippen molar-refractivity contribution in [3.63, 3.8) is 0 Å². The lowest BCUT2D eigenvalue weighted by Gasteiger charge is -1.97. The first-order chi connectivity index (χ1) is 8.11. The number of hydrogen-bond acceptors (Lipinski definition) is 1. The van der Waals surface area contributed by atoms with E-state index in [9.17, 15) is 0 Å². The van der Waals surface area contributed by atoms with Gasteiger partial charge < -0.3 is 5.11 Å². The zero-order valence-electron chi connectivity index (χ0n) is 10.4. The Balaban J connectivity index is 0.000000181. The van der Waals surface area contributed by atoms with Crippen LogP contribution in [0.5, 0.6) is 5.75 Å². The zero-order valence-corrected chi connectivity index (χ0v) is 10.4. The van der Waals surface area contributed by atoms with E-state index in [-0.39, 0.29) is 0 Å². The molecule has 0 aromatic heterocycles. The fourth-order valence-corrected chi connectivity index (χ4v) is 1.56. The maximum absolute atomic E-state index is 8.63. The molecule has 0 bridgehead atoms. The normalized spacial score (nSPS) is 9.06. The molecule has 0 radical (unpaired) electrons. The summed E-state index contributed by atoms with van der Waals surface area (Å²) in [4.78, 5) is 0. The molecule has 2 aromatic rings. The van der Waals surface area contributed by atoms with Crippen molar-refractivity contribution in [2.45, 2.75) is 13.8 Å². The molecule has 1 N–H and O–H groups in total. The summed E-state index contributed by atoms with van der Waals surface area (Å²) >= 11 is 0. The van der Waals surface area contributed by atoms with E-state index in [0.29, 0.717) is 5.75 Å². The van der Waals surface area contributed by atoms with Crippen LogP contribution in [0.1, 0.15) is 16.7 Å². The Morgan fingerprint density at radius 2 is 1.47 bits per heavy atom. The first kappa shape index (κ1) is 13.0. The number of phenolic OH excluding ortho intramolecular Hbond substituents is 1. The molecule has 0 saturated heterocycles. The second kappa shape index (κ2) is 6.54. The molecule has 0 aliphatic rings. The molecule has 0 spiro atoms. The standard InChI is InChI=1S/C10H12.C6H6O/c1-4-10-6-8(2)5-9(3)7-10;7-6-4-2-1-3-5-6/h4-7H,1H2,2-3H3;1-5,7H. The minimum atomic E-state index is 0.322. The predicted octanol–water partition coefficient (Wildman–Crippen LogP) is 4.34. The molecule has 1 nitrogen and oxygen atoms in total. The molecule has 0 amide bonds. The van der Waals surface area contributed by atoms with Crippen LogP contribution in [-0.4, -0.2) is 5.11 Å². The second-order valence-electron chi connectivity index (χ2n) is 3.96. The van der Waals surface area contributed by atoms with Gasteiger partial charge in [0, 0.05) is 0 Å². The van der Waals surface area contributed by atoms with Crippen LogP contribution in [0.25, 0.3) is 6.08 Å². The van der Waals surface area contributed by atoms with E-state index in [2.05, 4.69) is 38.6 Å². The van der Waals surface area contributed by atoms with Gasteiger partial charge in [-0.05, 0) is 31.5 Å². The molecular weight excluding hydrogens is 208 g/mol. The Hall–Kier alpha value is -2.02. The minimum absolute atomic E-state index is 0.322. The average Bonchev–Trinajstić information content (AvgIpc) is 2.29. The van der Waals surface area contributed by atoms with Crippen molar-refractivity contribution < 1.29 is 5.11 Å². The molecule has 0 aliphatic heterocycles. The highest BCUT2D eigenvalue weighted by Crippen LogP contribution is 2.08. The van der Waals surface area contributed by atoms with E-state index in [1.807, 2.05) is 12.1 Å². The first-order valence-electron chi connectivity index (χ1n) is 5.56. The molecular formula is C16H18O. The maximum Gasteiger partial charge on any atom is 0.115 e. The summed E-state index contributed by atoms with van der Waals surface area (Å²) in [6.07, 6.45) is 1.88. The second-order valence-corrected chi connectivity index (χ2v) is 3.96. The maximum atomic E-state index is 8.63. The van der Waals surface area contributed by atoms with Crippen LogP contribution >= 0.6 is 0 Å². The third-order valence-electron chi connectivity index (χ3n) is 2.24. The highest BCUT2D eigenvalue weighted by molar-refractivity contribution is 5.49. The molecule has 0 fully saturated rings. The first-order valence-corrected chi connectivity index (χ1v) is 5.56. The van der Waals surface area contributed by atoms with Gasteiger partial charge in [0.05, 0.1) is 0 Å². The fourth-order valence-electron chi connectivity index (χ4n) is 1.56. The number of aromatic hydroxyl groups is 1. The van der Waals surface area contributed by atoms with Crippen LogP contribution in [-0.2, 0) is 0 Å². The van der Waals surface area contributed by atoms with Crippen LogP contribution < -0.4 is 0 Å². The number of hydrogen-bond donors (Lipinski definition) is 1. The van der Waals surface area contributed by atoms with Gasteiger partial charge in [-0.1, -0.05) is 60.2 Å². The summed E-state index contributed by atoms with van der Waals surface area (Å²) in [5.41, 5.74) is 3.81. The van der Waals surface area contributed by atoms with Crippen LogP contribution in [0.4, 0.5) is 0 Å². The molecule has 0 unspecified atom stereocenters. The molecule has 2 rings (SSSR count). The number of para-hydroxylation sites is 1. The quantitative estimate of drug-likeness (QED) is 0.767. The third-order valence-corrected chi connectivity index (χ3v) is 2.24. The fraction of sp³-hybridized carbons (Fsp3) is 0.125. The highest BCUT2D eigenvalue weighted by Gasteiger charge is 1.89. The lowest BCUT2D eigenvalue weighted by Crippen LogP contribution is -1.78. The summed E-state index contributed by atoms with van der Waals surface area (Å²) in [7, 11) is 0. The van der Waals surface area contributed by atoms with Gasteiger partial charge in [-0.2, -0.15) is 0 Å². The predicted molar refractivity (Wildman–Crippen MR) is 74.1 cm³/mol. The van der Waals surface area contributed by atoms with Crippen molar-refractivity contribution in [1.82, 2.24) is 0 Å². The monoisotopic (exact) mass is 226 g/mol. The van der Waals surface area contributed by atoms with Crippen molar-refractivity contribution in [2.75, 3.05) is 0 Å². The minimum Gasteiger partial charge on any atom is -0.508 e. The van der Waals surface area contributed by atoms with Crippen molar-refractivity contribution in [1.29, 1.82) is 0 Å². The third kappa shape index (κ3) is 5.03. The van der Waals surface area contributed by atoms with Gasteiger partial charge in [0.15, 0.2) is 0 Å². The van der Waals surface area contributed by atoms with Crippen LogP contribution in [0.3, 0.4) is 0 Å². The Kier molecular flexibility index (Phi) is 5.02. The largest absolute Gasteiger partial charge is 0.508 e. The Morgan fingerprint density at radius 3 is 1.82 bits per heavy atom. The van der Waals surface area contributed by atoms with Gasteiger partial charge >= 0.3 is 0 Å². The summed E-state index contributed by atoms with van der Waals surface area (Å²) in [5, 5.41) is 8.63. The van der Waals surface area contributed by atoms with E-state index < -0.39 is 0 Å². The number of phenols is 1. The lowest BCUT2D eigenvalue weighted by molar-refractivity contribution is 0.475. The van der Waals surface area contributed by atoms with Gasteiger partial charge in [-0.3, -0.25) is 0 Å². The van der Waals surface area contributed by atoms with Gasteiger partial charge in [0.1, 0.15) is 5.75 Å². The highest BCUT2D eigenvalue weighted by atomic mass is 16.3. The molecule has 1 heteroatoms. The van der Waals surface area contributed by atoms with Gasteiger partial charge in [-0.25, -0.2) is 0 Å². The summed E-state index contributed by atoms with van der Waals surface area (Å²) in [5.74, 6) is 0.322. The van der Waals surface area contributed by atoms with E-state index in [0.717, 1.165) is 0 Å². The van der Waals surface area contributed by atoms with E-state index in [1.54, 1.807) is 24.3 Å². The van der Waals surface area contributed by atoms with Gasteiger partial charge in [0.2, 0.25) is 0 Å². The summed E-state index contributed by atoms with van der Waals surface area (Å²) < 4.78 is 0. The Bertz CT molecular complexity index is 452. The molecule has 0 aliphatic carbocycles. The van der Waals surface area contributed by atoms with E-state index in [4.69, 9.17) is 5.11 Å². The zero-order chi connectivity index (χ0) is 12.7. The van der Waals surface area contributed by atoms with Gasteiger partial charge in [0.25, 0.3) is 0 Å². The molecule has 2 aromatic carbocycles. The lowest BCUT2D eigenvalue weighted by atomic mass is 10.1. The number of rotatable bonds is 1. The Labute approximate surface area is 103 Å². The van der Waals surface area contributed by atoms with E-state index >= 15 is 0 Å². The van der Waals surface area contributed by atoms with E-state index in [1.165, 1.54) is 16.7 Å².